The van der Waals surface area contributed by atoms with Gasteiger partial charge in [0.25, 0.3) is 0 Å². The van der Waals surface area contributed by atoms with Crippen LogP contribution in [0, 0.1) is 5.92 Å². The van der Waals surface area contributed by atoms with E-state index in [-0.39, 0.29) is 17.9 Å². The quantitative estimate of drug-likeness (QED) is 0.818. The van der Waals surface area contributed by atoms with Gasteiger partial charge in [-0.2, -0.15) is 0 Å². The fourth-order valence-corrected chi connectivity index (χ4v) is 3.76. The minimum atomic E-state index is -0.0957. The van der Waals surface area contributed by atoms with Crippen LogP contribution in [0.4, 0.5) is 0 Å². The lowest BCUT2D eigenvalue weighted by molar-refractivity contribution is -0.135. The van der Waals surface area contributed by atoms with E-state index >= 15 is 0 Å². The minimum Gasteiger partial charge on any atom is -0.332 e. The lowest BCUT2D eigenvalue weighted by atomic mass is 10.1. The Morgan fingerprint density at radius 3 is 2.52 bits per heavy atom. The first-order valence-corrected chi connectivity index (χ1v) is 8.90. The molecule has 1 aromatic heterocycles. The van der Waals surface area contributed by atoms with Gasteiger partial charge in [0.1, 0.15) is 0 Å². The summed E-state index contributed by atoms with van der Waals surface area (Å²) in [5, 5.41) is 2.03. The summed E-state index contributed by atoms with van der Waals surface area (Å²) < 4.78 is 0. The third-order valence-electron chi connectivity index (χ3n) is 4.51. The highest BCUT2D eigenvalue weighted by Gasteiger charge is 2.46. The van der Waals surface area contributed by atoms with Crippen LogP contribution in [-0.4, -0.2) is 29.9 Å². The van der Waals surface area contributed by atoms with Gasteiger partial charge in [-0.3, -0.25) is 4.79 Å². The molecule has 3 rings (SSSR count). The fraction of sp³-hybridized carbons (Fsp3) is 0.389. The predicted octanol–water partition coefficient (Wildman–Crippen LogP) is 2.17. The van der Waals surface area contributed by atoms with E-state index < -0.39 is 0 Å². The van der Waals surface area contributed by atoms with E-state index in [0.717, 1.165) is 6.42 Å². The normalized spacial score (nSPS) is 19.8. The van der Waals surface area contributed by atoms with Crippen LogP contribution in [0.25, 0.3) is 0 Å². The van der Waals surface area contributed by atoms with Gasteiger partial charge in [0.15, 0.2) is 0 Å². The molecule has 0 saturated heterocycles. The van der Waals surface area contributed by atoms with Crippen molar-refractivity contribution in [2.45, 2.75) is 24.9 Å². The summed E-state index contributed by atoms with van der Waals surface area (Å²) in [7, 11) is 0. The van der Waals surface area contributed by atoms with Gasteiger partial charge in [-0.05, 0) is 29.3 Å². The first kappa shape index (κ1) is 16.2. The Morgan fingerprint density at radius 2 is 1.91 bits per heavy atom. The molecule has 122 valence electrons. The van der Waals surface area contributed by atoms with Crippen LogP contribution < -0.4 is 11.5 Å². The smallest absolute Gasteiger partial charge is 0.226 e. The Hall–Kier alpha value is -1.69. The molecule has 2 atom stereocenters. The van der Waals surface area contributed by atoms with Gasteiger partial charge < -0.3 is 16.4 Å². The number of benzene rings is 1. The molecule has 1 aromatic carbocycles. The van der Waals surface area contributed by atoms with Gasteiger partial charge in [-0.25, -0.2) is 0 Å². The lowest BCUT2D eigenvalue weighted by Gasteiger charge is -2.30. The molecular weight excluding hydrogens is 306 g/mol. The molecule has 0 bridgehead atoms. The van der Waals surface area contributed by atoms with E-state index in [1.807, 2.05) is 34.5 Å². The third-order valence-corrected chi connectivity index (χ3v) is 5.37. The van der Waals surface area contributed by atoms with Crippen molar-refractivity contribution in [3.63, 3.8) is 0 Å². The first-order chi connectivity index (χ1) is 11.2. The highest BCUT2D eigenvalue weighted by Crippen LogP contribution is 2.48. The molecule has 0 aliphatic heterocycles. The largest absolute Gasteiger partial charge is 0.332 e. The van der Waals surface area contributed by atoms with Crippen LogP contribution in [0.1, 0.15) is 22.8 Å². The molecular formula is C18H23N3OS. The van der Waals surface area contributed by atoms with E-state index in [1.165, 1.54) is 10.4 Å². The number of hydrogen-bond donors (Lipinski definition) is 2. The Kier molecular flexibility index (Phi) is 5.10. The highest BCUT2D eigenvalue weighted by molar-refractivity contribution is 7.09. The molecule has 0 radical (unpaired) electrons. The monoisotopic (exact) mass is 329 g/mol. The van der Waals surface area contributed by atoms with Crippen molar-refractivity contribution < 1.29 is 4.79 Å². The van der Waals surface area contributed by atoms with E-state index in [1.54, 1.807) is 11.3 Å². The molecule has 1 aliphatic carbocycles. The molecule has 1 amide bonds. The maximum absolute atomic E-state index is 13.0. The average molecular weight is 329 g/mol. The number of nitrogens with zero attached hydrogens (tertiary/aromatic N) is 1. The number of hydrogen-bond acceptors (Lipinski definition) is 4. The zero-order chi connectivity index (χ0) is 16.2. The van der Waals surface area contributed by atoms with Crippen molar-refractivity contribution >= 4 is 17.2 Å². The van der Waals surface area contributed by atoms with Crippen LogP contribution in [-0.2, 0) is 11.3 Å². The molecule has 1 fully saturated rings. The van der Waals surface area contributed by atoms with Gasteiger partial charge >= 0.3 is 0 Å². The van der Waals surface area contributed by atoms with Crippen LogP contribution in [0.2, 0.25) is 0 Å². The minimum absolute atomic E-state index is 0.0676. The first-order valence-electron chi connectivity index (χ1n) is 8.02. The number of carbonyl (C=O) groups excluding carboxylic acids is 1. The van der Waals surface area contributed by atoms with Crippen LogP contribution in [0.3, 0.4) is 0 Å². The number of amides is 1. The summed E-state index contributed by atoms with van der Waals surface area (Å²) in [5.74, 6) is 0.594. The SMILES string of the molecule is NCC(CN)N(Cc1cccs1)C(=O)[C@H]1C[C@@H]1c1ccccc1. The number of nitrogens with two attached hydrogens (primary N) is 2. The summed E-state index contributed by atoms with van der Waals surface area (Å²) in [6.45, 7) is 1.40. The zero-order valence-electron chi connectivity index (χ0n) is 13.1. The standard InChI is InChI=1S/C18H23N3OS/c19-10-14(11-20)21(12-15-7-4-8-23-15)18(22)17-9-16(17)13-5-2-1-3-6-13/h1-8,14,16-17H,9-12,19-20H2/t16-,17+/m1/s1. The maximum Gasteiger partial charge on any atom is 0.226 e. The number of rotatable bonds is 7. The van der Waals surface area contributed by atoms with Crippen LogP contribution in [0.15, 0.2) is 47.8 Å². The second-order valence-corrected chi connectivity index (χ2v) is 7.06. The lowest BCUT2D eigenvalue weighted by Crippen LogP contribution is -2.48. The van der Waals surface area contributed by atoms with E-state index in [2.05, 4.69) is 18.2 Å². The topological polar surface area (TPSA) is 72.3 Å². The summed E-state index contributed by atoms with van der Waals surface area (Å²) in [5.41, 5.74) is 12.9. The van der Waals surface area contributed by atoms with Crippen molar-refractivity contribution in [1.82, 2.24) is 4.90 Å². The Labute approximate surface area is 141 Å². The van der Waals surface area contributed by atoms with E-state index in [4.69, 9.17) is 11.5 Å². The van der Waals surface area contributed by atoms with Crippen molar-refractivity contribution in [2.75, 3.05) is 13.1 Å². The predicted molar refractivity (Wildman–Crippen MR) is 94.1 cm³/mol. The molecule has 23 heavy (non-hydrogen) atoms. The van der Waals surface area contributed by atoms with Crippen molar-refractivity contribution in [3.8, 4) is 0 Å². The second-order valence-electron chi connectivity index (χ2n) is 6.03. The van der Waals surface area contributed by atoms with Crippen molar-refractivity contribution in [3.05, 3.63) is 58.3 Å². The second kappa shape index (κ2) is 7.25. The summed E-state index contributed by atoms with van der Waals surface area (Å²) in [4.78, 5) is 16.1. The molecule has 0 unspecified atom stereocenters. The Balaban J connectivity index is 1.73. The number of carbonyl (C=O) groups is 1. The maximum atomic E-state index is 13.0. The number of thiophene rings is 1. The third kappa shape index (κ3) is 3.63. The van der Waals surface area contributed by atoms with Crippen molar-refractivity contribution in [2.24, 2.45) is 17.4 Å². The van der Waals surface area contributed by atoms with Gasteiger partial charge in [-0.15, -0.1) is 11.3 Å². The van der Waals surface area contributed by atoms with E-state index in [9.17, 15) is 4.79 Å². The molecule has 0 spiro atoms. The van der Waals surface area contributed by atoms with Gasteiger partial charge in [0.2, 0.25) is 5.91 Å². The van der Waals surface area contributed by atoms with Crippen LogP contribution >= 0.6 is 11.3 Å². The highest BCUT2D eigenvalue weighted by atomic mass is 32.1. The summed E-state index contributed by atoms with van der Waals surface area (Å²) >= 11 is 1.66. The van der Waals surface area contributed by atoms with Crippen LogP contribution in [0.5, 0.6) is 0 Å². The Morgan fingerprint density at radius 1 is 1.17 bits per heavy atom. The molecule has 1 heterocycles. The summed E-state index contributed by atoms with van der Waals surface area (Å²) in [6.07, 6.45) is 0.922. The summed E-state index contributed by atoms with van der Waals surface area (Å²) in [6, 6.07) is 14.2. The molecule has 2 aromatic rings. The Bertz CT molecular complexity index is 625. The van der Waals surface area contributed by atoms with Gasteiger partial charge in [0, 0.05) is 23.9 Å². The molecule has 5 heteroatoms. The fourth-order valence-electron chi connectivity index (χ4n) is 3.06. The van der Waals surface area contributed by atoms with Gasteiger partial charge in [-0.1, -0.05) is 36.4 Å². The van der Waals surface area contributed by atoms with Crippen molar-refractivity contribution in [1.29, 1.82) is 0 Å². The van der Waals surface area contributed by atoms with Gasteiger partial charge in [0.05, 0.1) is 12.6 Å². The zero-order valence-corrected chi connectivity index (χ0v) is 13.9. The van der Waals surface area contributed by atoms with E-state index in [0.29, 0.717) is 25.6 Å². The molecule has 1 aliphatic rings. The molecule has 4 N–H and O–H groups in total. The molecule has 1 saturated carbocycles. The molecule has 4 nitrogen and oxygen atoms in total. The average Bonchev–Trinajstić information content (AvgIpc) is 3.23.